The average Bonchev–Trinajstić information content (AvgIpc) is 2.54. The van der Waals surface area contributed by atoms with E-state index < -0.39 is 0 Å². The molecule has 1 atom stereocenters. The Kier molecular flexibility index (Phi) is 2.10. The second kappa shape index (κ2) is 3.34. The number of rotatable bonds is 0. The fourth-order valence-electron chi connectivity index (χ4n) is 2.49. The summed E-state index contributed by atoms with van der Waals surface area (Å²) in [5.74, 6) is 0.725. The molecule has 78 valence electrons. The van der Waals surface area contributed by atoms with Gasteiger partial charge in [0.25, 0.3) is 0 Å². The molecule has 2 aliphatic rings. The molecule has 1 aromatic heterocycles. The van der Waals surface area contributed by atoms with E-state index in [1.807, 2.05) is 11.3 Å². The molecule has 1 heterocycles. The lowest BCUT2D eigenvalue weighted by Gasteiger charge is -2.13. The lowest BCUT2D eigenvalue weighted by atomic mass is 9.91. The minimum Gasteiger partial charge on any atom is -0.144 e. The van der Waals surface area contributed by atoms with E-state index >= 15 is 0 Å². The fraction of sp³-hybridized carbons (Fsp3) is 0.429. The van der Waals surface area contributed by atoms with E-state index in [2.05, 4.69) is 32.1 Å². The second-order valence-electron chi connectivity index (χ2n) is 4.81. The normalized spacial score (nSPS) is 23.3. The van der Waals surface area contributed by atoms with Gasteiger partial charge in [0.15, 0.2) is 0 Å². The maximum absolute atomic E-state index is 2.40. The molecule has 1 heteroatoms. The number of allylic oxidation sites excluding steroid dienone is 2. The molecule has 3 rings (SSSR count). The van der Waals surface area contributed by atoms with Crippen LogP contribution in [0, 0.1) is 5.92 Å². The van der Waals surface area contributed by atoms with Gasteiger partial charge in [-0.25, -0.2) is 0 Å². The van der Waals surface area contributed by atoms with Crippen LogP contribution in [0.3, 0.4) is 0 Å². The molecule has 0 saturated heterocycles. The molecular weight excluding hydrogens is 200 g/mol. The molecule has 0 N–H and O–H groups in total. The number of fused-ring (bicyclic) bond motifs is 3. The van der Waals surface area contributed by atoms with Gasteiger partial charge in [-0.05, 0) is 43.2 Å². The van der Waals surface area contributed by atoms with Crippen LogP contribution < -0.4 is 0 Å². The smallest absolute Gasteiger partial charge is 0.0132 e. The SMILES string of the molecule is CC1=Cc2c(sc3c2C=CC(C)C3)CC1. The van der Waals surface area contributed by atoms with E-state index in [0.29, 0.717) is 0 Å². The maximum atomic E-state index is 2.40. The van der Waals surface area contributed by atoms with E-state index in [9.17, 15) is 0 Å². The van der Waals surface area contributed by atoms with Gasteiger partial charge in [-0.1, -0.05) is 30.7 Å². The molecule has 0 spiro atoms. The van der Waals surface area contributed by atoms with Gasteiger partial charge in [0, 0.05) is 9.75 Å². The molecule has 0 fully saturated rings. The third-order valence-corrected chi connectivity index (χ3v) is 4.68. The standard InChI is InChI=1S/C14H16S/c1-9-4-6-13-12(7-9)11-5-3-10(2)8-14(11)15-13/h3,5,7,10H,4,6,8H2,1-2H3. The van der Waals surface area contributed by atoms with E-state index in [-0.39, 0.29) is 0 Å². The van der Waals surface area contributed by atoms with Crippen molar-refractivity contribution in [3.63, 3.8) is 0 Å². The zero-order valence-electron chi connectivity index (χ0n) is 9.34. The molecular formula is C14H16S. The Morgan fingerprint density at radius 3 is 2.93 bits per heavy atom. The van der Waals surface area contributed by atoms with E-state index in [4.69, 9.17) is 0 Å². The Bertz CT molecular complexity index is 460. The molecule has 0 aromatic carbocycles. The first-order valence-electron chi connectivity index (χ1n) is 5.74. The van der Waals surface area contributed by atoms with Crippen molar-refractivity contribution in [3.8, 4) is 0 Å². The lowest BCUT2D eigenvalue weighted by Crippen LogP contribution is -2.00. The number of hydrogen-bond acceptors (Lipinski definition) is 1. The highest BCUT2D eigenvalue weighted by Gasteiger charge is 2.20. The molecule has 0 saturated carbocycles. The van der Waals surface area contributed by atoms with E-state index in [1.54, 1.807) is 9.75 Å². The van der Waals surface area contributed by atoms with Crippen LogP contribution in [0.2, 0.25) is 0 Å². The van der Waals surface area contributed by atoms with Gasteiger partial charge in [-0.3, -0.25) is 0 Å². The largest absolute Gasteiger partial charge is 0.144 e. The molecule has 0 amide bonds. The summed E-state index contributed by atoms with van der Waals surface area (Å²) in [7, 11) is 0. The van der Waals surface area contributed by atoms with Crippen LogP contribution in [-0.4, -0.2) is 0 Å². The number of thiophene rings is 1. The summed E-state index contributed by atoms with van der Waals surface area (Å²) < 4.78 is 0. The summed E-state index contributed by atoms with van der Waals surface area (Å²) >= 11 is 2.05. The van der Waals surface area contributed by atoms with Crippen molar-refractivity contribution in [1.29, 1.82) is 0 Å². The van der Waals surface area contributed by atoms with Crippen molar-refractivity contribution in [2.24, 2.45) is 5.92 Å². The summed E-state index contributed by atoms with van der Waals surface area (Å²) in [6.07, 6.45) is 10.9. The van der Waals surface area contributed by atoms with Crippen LogP contribution in [0.4, 0.5) is 0 Å². The molecule has 2 aliphatic carbocycles. The van der Waals surface area contributed by atoms with Crippen LogP contribution in [-0.2, 0) is 12.8 Å². The summed E-state index contributed by atoms with van der Waals surface area (Å²) in [6.45, 7) is 4.56. The zero-order valence-corrected chi connectivity index (χ0v) is 10.2. The van der Waals surface area contributed by atoms with Crippen molar-refractivity contribution in [3.05, 3.63) is 32.5 Å². The average molecular weight is 216 g/mol. The van der Waals surface area contributed by atoms with Gasteiger partial charge in [-0.15, -0.1) is 11.3 Å². The van der Waals surface area contributed by atoms with E-state index in [0.717, 1.165) is 5.92 Å². The van der Waals surface area contributed by atoms with Crippen LogP contribution >= 0.6 is 11.3 Å². The highest BCUT2D eigenvalue weighted by molar-refractivity contribution is 7.12. The highest BCUT2D eigenvalue weighted by Crippen LogP contribution is 2.39. The Balaban J connectivity index is 2.15. The van der Waals surface area contributed by atoms with Gasteiger partial charge in [0.1, 0.15) is 0 Å². The molecule has 0 aliphatic heterocycles. The molecule has 15 heavy (non-hydrogen) atoms. The zero-order chi connectivity index (χ0) is 10.4. The minimum absolute atomic E-state index is 0.725. The first-order chi connectivity index (χ1) is 7.24. The monoisotopic (exact) mass is 216 g/mol. The van der Waals surface area contributed by atoms with Gasteiger partial charge in [0.2, 0.25) is 0 Å². The van der Waals surface area contributed by atoms with Gasteiger partial charge >= 0.3 is 0 Å². The van der Waals surface area contributed by atoms with Gasteiger partial charge in [0.05, 0.1) is 0 Å². The molecule has 0 radical (unpaired) electrons. The van der Waals surface area contributed by atoms with Crippen molar-refractivity contribution in [1.82, 2.24) is 0 Å². The van der Waals surface area contributed by atoms with Crippen molar-refractivity contribution in [2.45, 2.75) is 33.1 Å². The predicted octanol–water partition coefficient (Wildman–Crippen LogP) is 4.30. The van der Waals surface area contributed by atoms with E-state index in [1.165, 1.54) is 36.0 Å². The topological polar surface area (TPSA) is 0 Å². The first-order valence-corrected chi connectivity index (χ1v) is 6.55. The maximum Gasteiger partial charge on any atom is 0.0132 e. The molecule has 0 nitrogen and oxygen atoms in total. The Labute approximate surface area is 95.3 Å². The molecule has 1 aromatic rings. The van der Waals surface area contributed by atoms with Crippen molar-refractivity contribution >= 4 is 23.5 Å². The quantitative estimate of drug-likeness (QED) is 0.606. The predicted molar refractivity (Wildman–Crippen MR) is 68.2 cm³/mol. The number of hydrogen-bond donors (Lipinski definition) is 0. The van der Waals surface area contributed by atoms with Crippen molar-refractivity contribution < 1.29 is 0 Å². The summed E-state index contributed by atoms with van der Waals surface area (Å²) in [5, 5.41) is 0. The van der Waals surface area contributed by atoms with Crippen LogP contribution in [0.15, 0.2) is 11.6 Å². The third kappa shape index (κ3) is 1.50. The fourth-order valence-corrected chi connectivity index (χ4v) is 3.90. The highest BCUT2D eigenvalue weighted by atomic mass is 32.1. The lowest BCUT2D eigenvalue weighted by molar-refractivity contribution is 0.727. The van der Waals surface area contributed by atoms with Crippen LogP contribution in [0.1, 0.15) is 41.1 Å². The van der Waals surface area contributed by atoms with Crippen molar-refractivity contribution in [2.75, 3.05) is 0 Å². The first kappa shape index (κ1) is 9.41. The molecule has 0 bridgehead atoms. The van der Waals surface area contributed by atoms with Crippen LogP contribution in [0.5, 0.6) is 0 Å². The second-order valence-corrected chi connectivity index (χ2v) is 6.00. The molecule has 1 unspecified atom stereocenters. The number of aryl methyl sites for hydroxylation is 1. The summed E-state index contributed by atoms with van der Waals surface area (Å²) in [5.41, 5.74) is 4.59. The van der Waals surface area contributed by atoms with Gasteiger partial charge < -0.3 is 0 Å². The third-order valence-electron chi connectivity index (χ3n) is 3.37. The Morgan fingerprint density at radius 1 is 1.20 bits per heavy atom. The Morgan fingerprint density at radius 2 is 2.07 bits per heavy atom. The summed E-state index contributed by atoms with van der Waals surface area (Å²) in [6, 6.07) is 0. The summed E-state index contributed by atoms with van der Waals surface area (Å²) in [4.78, 5) is 3.23. The Hall–Kier alpha value is -0.820. The van der Waals surface area contributed by atoms with Gasteiger partial charge in [-0.2, -0.15) is 0 Å². The van der Waals surface area contributed by atoms with Crippen LogP contribution in [0.25, 0.3) is 12.2 Å². The minimum atomic E-state index is 0.725.